The van der Waals surface area contributed by atoms with Gasteiger partial charge in [-0.2, -0.15) is 0 Å². The lowest BCUT2D eigenvalue weighted by molar-refractivity contribution is -0.305. The minimum Gasteiger partial charge on any atom is -0.548 e. The number of amides is 2. The third-order valence-corrected chi connectivity index (χ3v) is 3.97. The topological polar surface area (TPSA) is 107 Å². The van der Waals surface area contributed by atoms with Crippen LogP contribution >= 0.6 is 0 Å². The van der Waals surface area contributed by atoms with E-state index in [1.165, 1.54) is 31.4 Å². The minimum atomic E-state index is -1.53. The van der Waals surface area contributed by atoms with Crippen LogP contribution in [0, 0.1) is 0 Å². The largest absolute Gasteiger partial charge is 0.548 e. The first kappa shape index (κ1) is 17.2. The zero-order chi connectivity index (χ0) is 18.8. The first-order valence-corrected chi connectivity index (χ1v) is 7.66. The summed E-state index contributed by atoms with van der Waals surface area (Å²) < 4.78 is 5.05. The number of carboxylic acids is 1. The normalized spacial score (nSPS) is 15.1. The molecule has 2 aromatic carbocycles. The maximum Gasteiger partial charge on any atom is 0.261 e. The van der Waals surface area contributed by atoms with Crippen LogP contribution in [-0.4, -0.2) is 41.4 Å². The summed E-state index contributed by atoms with van der Waals surface area (Å²) in [6.07, 6.45) is 1.51. The molecule has 3 rings (SSSR count). The van der Waals surface area contributed by atoms with Crippen molar-refractivity contribution in [2.75, 3.05) is 13.7 Å². The molecule has 7 heteroatoms. The van der Waals surface area contributed by atoms with E-state index in [-0.39, 0.29) is 22.6 Å². The second kappa shape index (κ2) is 6.72. The van der Waals surface area contributed by atoms with Crippen molar-refractivity contribution in [1.29, 1.82) is 0 Å². The highest BCUT2D eigenvalue weighted by Crippen LogP contribution is 2.32. The molecular weight excluding hydrogens is 338 g/mol. The van der Waals surface area contributed by atoms with E-state index in [0.29, 0.717) is 16.0 Å². The van der Waals surface area contributed by atoms with Crippen molar-refractivity contribution in [3.05, 3.63) is 59.2 Å². The number of carbonyl (C=O) groups excluding carboxylic acids is 3. The number of benzene rings is 2. The fraction of sp³-hybridized carbons (Fsp3) is 0.105. The van der Waals surface area contributed by atoms with E-state index in [2.05, 4.69) is 0 Å². The number of carboxylic acid groups (broad SMARTS) is 1. The Morgan fingerprint density at radius 2 is 1.85 bits per heavy atom. The smallest absolute Gasteiger partial charge is 0.261 e. The Morgan fingerprint density at radius 1 is 1.15 bits per heavy atom. The third-order valence-electron chi connectivity index (χ3n) is 3.97. The molecule has 1 heterocycles. The summed E-state index contributed by atoms with van der Waals surface area (Å²) in [5.41, 5.74) is 1.34. The Bertz CT molecular complexity index is 947. The van der Waals surface area contributed by atoms with Crippen molar-refractivity contribution < 1.29 is 29.3 Å². The number of fused-ring (bicyclic) bond motifs is 1. The van der Waals surface area contributed by atoms with Crippen molar-refractivity contribution in [3.8, 4) is 11.5 Å². The second-order valence-corrected chi connectivity index (χ2v) is 5.60. The number of aromatic hydroxyl groups is 1. The molecule has 0 unspecified atom stereocenters. The highest BCUT2D eigenvalue weighted by atomic mass is 16.5. The van der Waals surface area contributed by atoms with Crippen molar-refractivity contribution >= 4 is 29.4 Å². The van der Waals surface area contributed by atoms with E-state index in [4.69, 9.17) is 4.74 Å². The predicted molar refractivity (Wildman–Crippen MR) is 90.0 cm³/mol. The quantitative estimate of drug-likeness (QED) is 0.640. The molecule has 132 valence electrons. The van der Waals surface area contributed by atoms with Gasteiger partial charge in [0.05, 0.1) is 19.6 Å². The van der Waals surface area contributed by atoms with Gasteiger partial charge in [-0.1, -0.05) is 24.3 Å². The lowest BCUT2D eigenvalue weighted by Gasteiger charge is -2.28. The summed E-state index contributed by atoms with van der Waals surface area (Å²) in [5, 5.41) is 20.6. The van der Waals surface area contributed by atoms with Crippen molar-refractivity contribution in [2.45, 2.75) is 0 Å². The highest BCUT2D eigenvalue weighted by molar-refractivity contribution is 6.34. The summed E-state index contributed by atoms with van der Waals surface area (Å²) >= 11 is 0. The van der Waals surface area contributed by atoms with Crippen molar-refractivity contribution in [1.82, 2.24) is 4.90 Å². The number of methoxy groups -OCH3 is 1. The predicted octanol–water partition coefficient (Wildman–Crippen LogP) is 0.674. The van der Waals surface area contributed by atoms with Crippen LogP contribution in [0.25, 0.3) is 11.6 Å². The Balaban J connectivity index is 2.15. The van der Waals surface area contributed by atoms with Crippen LogP contribution in [0.1, 0.15) is 21.5 Å². The first-order valence-electron chi connectivity index (χ1n) is 7.66. The molecule has 0 atom stereocenters. The van der Waals surface area contributed by atoms with Gasteiger partial charge in [0.25, 0.3) is 11.8 Å². The lowest BCUT2D eigenvalue weighted by atomic mass is 9.92. The molecule has 2 amide bonds. The number of nitrogens with zero attached hydrogens (tertiary/aromatic N) is 1. The Labute approximate surface area is 148 Å². The van der Waals surface area contributed by atoms with Gasteiger partial charge in [-0.3, -0.25) is 14.5 Å². The van der Waals surface area contributed by atoms with Crippen LogP contribution in [0.15, 0.2) is 42.5 Å². The molecule has 0 saturated carbocycles. The molecule has 0 bridgehead atoms. The number of carbonyl (C=O) groups is 3. The fourth-order valence-electron chi connectivity index (χ4n) is 2.77. The van der Waals surface area contributed by atoms with Gasteiger partial charge in [0.15, 0.2) is 11.5 Å². The number of imide groups is 1. The monoisotopic (exact) mass is 352 g/mol. The summed E-state index contributed by atoms with van der Waals surface area (Å²) in [6.45, 7) is -0.831. The van der Waals surface area contributed by atoms with Gasteiger partial charge >= 0.3 is 0 Å². The maximum absolute atomic E-state index is 12.7. The molecule has 1 aliphatic rings. The first-order chi connectivity index (χ1) is 12.4. The number of phenols is 1. The summed E-state index contributed by atoms with van der Waals surface area (Å²) in [7, 11) is 1.40. The van der Waals surface area contributed by atoms with Gasteiger partial charge in [0.2, 0.25) is 0 Å². The minimum absolute atomic E-state index is 0.0567. The molecule has 7 nitrogen and oxygen atoms in total. The molecule has 1 N–H and O–H groups in total. The average molecular weight is 352 g/mol. The molecule has 0 fully saturated rings. The highest BCUT2D eigenvalue weighted by Gasteiger charge is 2.34. The van der Waals surface area contributed by atoms with E-state index in [0.717, 1.165) is 0 Å². The Kier molecular flexibility index (Phi) is 4.45. The van der Waals surface area contributed by atoms with Crippen LogP contribution in [0.5, 0.6) is 11.5 Å². The van der Waals surface area contributed by atoms with Crippen LogP contribution in [-0.2, 0) is 9.59 Å². The van der Waals surface area contributed by atoms with Crippen LogP contribution in [0.3, 0.4) is 0 Å². The number of hydrogen-bond donors (Lipinski definition) is 1. The Morgan fingerprint density at radius 3 is 2.50 bits per heavy atom. The number of rotatable bonds is 4. The second-order valence-electron chi connectivity index (χ2n) is 5.60. The fourth-order valence-corrected chi connectivity index (χ4v) is 2.77. The van der Waals surface area contributed by atoms with Crippen molar-refractivity contribution in [3.63, 3.8) is 0 Å². The number of aliphatic carboxylic acids is 1. The van der Waals surface area contributed by atoms with E-state index in [1.807, 2.05) is 0 Å². The van der Waals surface area contributed by atoms with Crippen LogP contribution < -0.4 is 9.84 Å². The van der Waals surface area contributed by atoms with Gasteiger partial charge in [-0.25, -0.2) is 0 Å². The van der Waals surface area contributed by atoms with E-state index >= 15 is 0 Å². The number of hydrogen-bond acceptors (Lipinski definition) is 6. The molecule has 0 spiro atoms. The van der Waals surface area contributed by atoms with Gasteiger partial charge < -0.3 is 19.7 Å². The molecule has 0 aromatic heterocycles. The van der Waals surface area contributed by atoms with E-state index < -0.39 is 24.3 Å². The average Bonchev–Trinajstić information content (AvgIpc) is 2.63. The molecule has 0 saturated heterocycles. The zero-order valence-electron chi connectivity index (χ0n) is 13.8. The number of phenolic OH excluding ortho intramolecular Hbond substituents is 1. The van der Waals surface area contributed by atoms with Gasteiger partial charge in [0, 0.05) is 11.1 Å². The summed E-state index contributed by atoms with van der Waals surface area (Å²) in [4.78, 5) is 36.7. The molecule has 0 aliphatic carbocycles. The summed E-state index contributed by atoms with van der Waals surface area (Å²) in [5.74, 6) is -2.78. The van der Waals surface area contributed by atoms with Crippen LogP contribution in [0.2, 0.25) is 0 Å². The molecular formula is C19H14NO6-. The molecule has 1 aliphatic heterocycles. The van der Waals surface area contributed by atoms with E-state index in [9.17, 15) is 24.6 Å². The summed E-state index contributed by atoms with van der Waals surface area (Å²) in [6, 6.07) is 11.0. The zero-order valence-corrected chi connectivity index (χ0v) is 13.8. The van der Waals surface area contributed by atoms with Crippen LogP contribution in [0.4, 0.5) is 0 Å². The number of ether oxygens (including phenoxy) is 1. The van der Waals surface area contributed by atoms with Gasteiger partial charge in [-0.05, 0) is 35.4 Å². The van der Waals surface area contributed by atoms with Gasteiger partial charge in [-0.15, -0.1) is 0 Å². The SMILES string of the molecule is COc1cc(/C=C2\C(=O)N(CC(=O)[O-])C(=O)c3ccccc32)ccc1O. The van der Waals surface area contributed by atoms with E-state index in [1.54, 1.807) is 24.3 Å². The maximum atomic E-state index is 12.7. The molecule has 0 radical (unpaired) electrons. The third kappa shape index (κ3) is 3.02. The standard InChI is InChI=1S/C19H15NO6/c1-26-16-9-11(6-7-15(16)21)8-14-12-4-2-3-5-13(12)18(24)20(19(14)25)10-17(22)23/h2-9,21H,10H2,1H3,(H,22,23)/p-1/b14-8-. The van der Waals surface area contributed by atoms with Gasteiger partial charge in [0.1, 0.15) is 0 Å². The Hall–Kier alpha value is -3.61. The molecule has 26 heavy (non-hydrogen) atoms. The lowest BCUT2D eigenvalue weighted by Crippen LogP contribution is -2.47. The van der Waals surface area contributed by atoms with Crippen molar-refractivity contribution in [2.24, 2.45) is 0 Å². The molecule has 2 aromatic rings.